The van der Waals surface area contributed by atoms with Crippen LogP contribution in [0.1, 0.15) is 11.1 Å². The molecular weight excluding hydrogens is 946 g/mol. The van der Waals surface area contributed by atoms with Crippen LogP contribution in [0.5, 0.6) is 0 Å². The summed E-state index contributed by atoms with van der Waals surface area (Å²) in [5.41, 5.74) is 26.1. The van der Waals surface area contributed by atoms with Crippen LogP contribution in [0.4, 0.5) is 34.1 Å². The van der Waals surface area contributed by atoms with Crippen LogP contribution in [0.25, 0.3) is 83.6 Å². The summed E-state index contributed by atoms with van der Waals surface area (Å²) in [6.45, 7) is 4.44. The van der Waals surface area contributed by atoms with E-state index in [2.05, 4.69) is 283 Å². The average molecular weight is 996 g/mol. The molecule has 4 heterocycles. The molecule has 0 bridgehead atoms. The second-order valence-electron chi connectivity index (χ2n) is 20.7. The molecule has 5 nitrogen and oxygen atoms in total. The molecule has 0 atom stereocenters. The number of hydrogen-bond acceptors (Lipinski definition) is 4. The van der Waals surface area contributed by atoms with Gasteiger partial charge in [-0.25, -0.2) is 9.97 Å². The first-order chi connectivity index (χ1) is 38.5. The molecule has 0 spiro atoms. The van der Waals surface area contributed by atoms with Crippen molar-refractivity contribution in [2.75, 3.05) is 9.80 Å². The number of anilines is 6. The van der Waals surface area contributed by atoms with E-state index in [4.69, 9.17) is 9.97 Å². The minimum Gasteiger partial charge on any atom is -0.311 e. The molecule has 2 aliphatic rings. The number of nitrogens with zero attached hydrogens (tertiary/aromatic N) is 5. The Morgan fingerprint density at radius 2 is 0.795 bits per heavy atom. The molecule has 0 saturated heterocycles. The van der Waals surface area contributed by atoms with Crippen molar-refractivity contribution in [1.82, 2.24) is 14.5 Å². The van der Waals surface area contributed by atoms with Gasteiger partial charge in [0.2, 0.25) is 0 Å². The van der Waals surface area contributed by atoms with Gasteiger partial charge in [0, 0.05) is 67.2 Å². The van der Waals surface area contributed by atoms with Crippen molar-refractivity contribution in [3.63, 3.8) is 0 Å². The van der Waals surface area contributed by atoms with Crippen LogP contribution in [-0.2, 0) is 0 Å². The van der Waals surface area contributed by atoms with E-state index in [1.165, 1.54) is 72.1 Å². The molecule has 6 heteroatoms. The molecule has 0 aliphatic carbocycles. The minimum absolute atomic E-state index is 0.0833. The van der Waals surface area contributed by atoms with Crippen LogP contribution in [-0.4, -0.2) is 21.2 Å². The summed E-state index contributed by atoms with van der Waals surface area (Å²) in [6, 6.07) is 97.0. The van der Waals surface area contributed by atoms with Gasteiger partial charge in [-0.2, -0.15) is 0 Å². The van der Waals surface area contributed by atoms with Crippen LogP contribution < -0.4 is 26.2 Å². The Bertz CT molecular complexity index is 4360. The Kier molecular flexibility index (Phi) is 10.7. The lowest BCUT2D eigenvalue weighted by atomic mass is 9.33. The first-order valence-electron chi connectivity index (χ1n) is 26.8. The van der Waals surface area contributed by atoms with E-state index in [9.17, 15) is 0 Å². The third kappa shape index (κ3) is 7.48. The lowest BCUT2D eigenvalue weighted by Crippen LogP contribution is -2.61. The van der Waals surface area contributed by atoms with Crippen LogP contribution in [0.15, 0.2) is 267 Å². The number of rotatable bonds is 8. The molecule has 2 aromatic heterocycles. The molecule has 11 aromatic carbocycles. The van der Waals surface area contributed by atoms with Gasteiger partial charge in [0.15, 0.2) is 5.82 Å². The Balaban J connectivity index is 0.871. The normalized spacial score (nSPS) is 12.4. The lowest BCUT2D eigenvalue weighted by Gasteiger charge is -2.44. The second-order valence-corrected chi connectivity index (χ2v) is 20.7. The largest absolute Gasteiger partial charge is 0.311 e. The first-order valence-corrected chi connectivity index (χ1v) is 26.8. The average Bonchev–Trinajstić information content (AvgIpc) is 3.93. The van der Waals surface area contributed by atoms with Gasteiger partial charge in [-0.05, 0) is 144 Å². The zero-order chi connectivity index (χ0) is 51.8. The van der Waals surface area contributed by atoms with Crippen LogP contribution >= 0.6 is 0 Å². The van der Waals surface area contributed by atoms with E-state index in [1.807, 2.05) is 12.1 Å². The summed E-state index contributed by atoms with van der Waals surface area (Å²) < 4.78 is 2.44. The smallest absolute Gasteiger partial charge is 0.252 e. The highest BCUT2D eigenvalue weighted by Gasteiger charge is 2.42. The van der Waals surface area contributed by atoms with Crippen molar-refractivity contribution < 1.29 is 0 Å². The van der Waals surface area contributed by atoms with Crippen LogP contribution in [0, 0.1) is 13.8 Å². The highest BCUT2D eigenvalue weighted by atomic mass is 15.2. The Morgan fingerprint density at radius 1 is 0.321 bits per heavy atom. The standard InChI is InChI=1S/C72H50BN5/c1-47-32-39-65-58(42-47)59-43-48(2)33-40-66(59)78(65)64-41-38-54(72-74-62(51-18-6-3-7-19-51)46-63(75-72)52-20-8-4-9-21-52)45-57(64)50-36-34-49(35-37-50)53-22-16-25-56(44-53)77-68-29-15-13-27-61(68)73-60-26-12-14-28-67(60)76(55-23-10-5-11-24-55)69-30-17-31-70(77)71(69)73/h3-46H,1-2H3. The number of benzene rings is 11. The maximum atomic E-state index is 5.29. The van der Waals surface area contributed by atoms with Crippen molar-refractivity contribution in [3.8, 4) is 61.8 Å². The van der Waals surface area contributed by atoms with Gasteiger partial charge in [-0.15, -0.1) is 0 Å². The van der Waals surface area contributed by atoms with E-state index in [1.54, 1.807) is 0 Å². The van der Waals surface area contributed by atoms with Crippen molar-refractivity contribution in [1.29, 1.82) is 0 Å². The van der Waals surface area contributed by atoms with E-state index >= 15 is 0 Å². The molecule has 0 fully saturated rings. The Labute approximate surface area is 454 Å². The minimum atomic E-state index is 0.0833. The van der Waals surface area contributed by atoms with Crippen molar-refractivity contribution in [2.45, 2.75) is 13.8 Å². The fourth-order valence-electron chi connectivity index (χ4n) is 12.3. The quantitative estimate of drug-likeness (QED) is 0.142. The summed E-state index contributed by atoms with van der Waals surface area (Å²) in [7, 11) is 0. The van der Waals surface area contributed by atoms with Gasteiger partial charge < -0.3 is 14.4 Å². The van der Waals surface area contributed by atoms with Gasteiger partial charge in [-0.3, -0.25) is 0 Å². The van der Waals surface area contributed by atoms with Crippen molar-refractivity contribution in [2.24, 2.45) is 0 Å². The monoisotopic (exact) mass is 995 g/mol. The highest BCUT2D eigenvalue weighted by Crippen LogP contribution is 2.45. The van der Waals surface area contributed by atoms with Crippen LogP contribution in [0.2, 0.25) is 0 Å². The van der Waals surface area contributed by atoms with E-state index in [-0.39, 0.29) is 6.71 Å². The first kappa shape index (κ1) is 45.4. The molecule has 15 rings (SSSR count). The topological polar surface area (TPSA) is 37.2 Å². The van der Waals surface area contributed by atoms with Gasteiger partial charge in [0.05, 0.1) is 28.1 Å². The maximum Gasteiger partial charge on any atom is 0.252 e. The highest BCUT2D eigenvalue weighted by molar-refractivity contribution is 7.00. The maximum absolute atomic E-state index is 5.29. The van der Waals surface area contributed by atoms with Gasteiger partial charge in [0.1, 0.15) is 0 Å². The summed E-state index contributed by atoms with van der Waals surface area (Å²) >= 11 is 0. The third-order valence-electron chi connectivity index (χ3n) is 15.9. The molecule has 0 amide bonds. The molecule has 13 aromatic rings. The molecule has 0 saturated carbocycles. The summed E-state index contributed by atoms with van der Waals surface area (Å²) in [5.74, 6) is 0.673. The SMILES string of the molecule is Cc1ccc2c(c1)c1cc(C)ccc1n2-c1ccc(-c2nc(-c3ccccc3)cc(-c3ccccc3)n2)cc1-c1ccc(-c2cccc(N3c4ccccc4B4c5ccccc5N(c5ccccc5)c5cccc3c54)c2)cc1. The number of aromatic nitrogens is 3. The van der Waals surface area contributed by atoms with Gasteiger partial charge in [-0.1, -0.05) is 181 Å². The number of aryl methyl sites for hydroxylation is 2. The van der Waals surface area contributed by atoms with E-state index in [0.29, 0.717) is 5.82 Å². The molecule has 0 unspecified atom stereocenters. The number of hydrogen-bond donors (Lipinski definition) is 0. The predicted octanol–water partition coefficient (Wildman–Crippen LogP) is 16.6. The van der Waals surface area contributed by atoms with Crippen molar-refractivity contribution >= 4 is 79.0 Å². The predicted molar refractivity (Wildman–Crippen MR) is 327 cm³/mol. The molecular formula is C72H50BN5. The number of fused-ring (bicyclic) bond motifs is 7. The van der Waals surface area contributed by atoms with Gasteiger partial charge >= 0.3 is 0 Å². The molecule has 0 N–H and O–H groups in total. The molecule has 78 heavy (non-hydrogen) atoms. The number of para-hydroxylation sites is 3. The molecule has 366 valence electrons. The molecule has 0 radical (unpaired) electrons. The third-order valence-corrected chi connectivity index (χ3v) is 15.9. The van der Waals surface area contributed by atoms with Crippen molar-refractivity contribution in [3.05, 3.63) is 278 Å². The fourth-order valence-corrected chi connectivity index (χ4v) is 12.3. The fraction of sp³-hybridized carbons (Fsp3) is 0.0278. The zero-order valence-corrected chi connectivity index (χ0v) is 43.2. The van der Waals surface area contributed by atoms with Crippen LogP contribution in [0.3, 0.4) is 0 Å². The van der Waals surface area contributed by atoms with E-state index < -0.39 is 0 Å². The summed E-state index contributed by atoms with van der Waals surface area (Å²) in [5, 5.41) is 2.48. The lowest BCUT2D eigenvalue weighted by molar-refractivity contribution is 1.16. The zero-order valence-electron chi connectivity index (χ0n) is 43.2. The Hall–Kier alpha value is -10.0. The summed E-state index contributed by atoms with van der Waals surface area (Å²) in [4.78, 5) is 15.5. The van der Waals surface area contributed by atoms with Gasteiger partial charge in [0.25, 0.3) is 6.71 Å². The second kappa shape index (κ2) is 18.4. The summed E-state index contributed by atoms with van der Waals surface area (Å²) in [6.07, 6.45) is 0. The molecule has 2 aliphatic heterocycles. The van der Waals surface area contributed by atoms with E-state index in [0.717, 1.165) is 67.4 Å². The Morgan fingerprint density at radius 3 is 1.40 bits per heavy atom.